The summed E-state index contributed by atoms with van der Waals surface area (Å²) in [5.74, 6) is -0.973. The Morgan fingerprint density at radius 1 is 1.04 bits per heavy atom. The third kappa shape index (κ3) is 2.79. The van der Waals surface area contributed by atoms with Gasteiger partial charge in [-0.25, -0.2) is 19.6 Å². The highest BCUT2D eigenvalue weighted by atomic mass is 32.1. The van der Waals surface area contributed by atoms with Gasteiger partial charge in [-0.05, 0) is 43.7 Å². The van der Waals surface area contributed by atoms with Crippen LogP contribution in [0, 0.1) is 13.8 Å². The van der Waals surface area contributed by atoms with Crippen LogP contribution in [0.25, 0.3) is 10.2 Å². The molecular weight excluding hydrogens is 330 g/mol. The molecule has 0 atom stereocenters. The van der Waals surface area contributed by atoms with Crippen LogP contribution in [0.2, 0.25) is 0 Å². The smallest absolute Gasteiger partial charge is 0.346 e. The molecule has 3 aromatic rings. The van der Waals surface area contributed by atoms with E-state index in [1.807, 2.05) is 0 Å². The second kappa shape index (κ2) is 5.89. The number of carboxylic acid groups (broad SMARTS) is 2. The maximum atomic E-state index is 11.3. The minimum atomic E-state index is -0.999. The molecule has 7 nitrogen and oxygen atoms in total. The van der Waals surface area contributed by atoms with Crippen molar-refractivity contribution in [3.8, 4) is 0 Å². The van der Waals surface area contributed by atoms with Gasteiger partial charge in [-0.2, -0.15) is 0 Å². The molecule has 3 N–H and O–H groups in total. The number of aromatic carboxylic acids is 2. The minimum Gasteiger partial charge on any atom is -0.478 e. The number of aromatic nitrogens is 2. The van der Waals surface area contributed by atoms with E-state index in [2.05, 4.69) is 15.3 Å². The van der Waals surface area contributed by atoms with Gasteiger partial charge >= 0.3 is 11.9 Å². The predicted molar refractivity (Wildman–Crippen MR) is 90.5 cm³/mol. The van der Waals surface area contributed by atoms with E-state index in [1.54, 1.807) is 26.0 Å². The summed E-state index contributed by atoms with van der Waals surface area (Å²) in [6, 6.07) is 6.23. The Morgan fingerprint density at radius 2 is 1.71 bits per heavy atom. The summed E-state index contributed by atoms with van der Waals surface area (Å²) in [6.07, 6.45) is 0. The van der Waals surface area contributed by atoms with E-state index in [-0.39, 0.29) is 10.4 Å². The predicted octanol–water partition coefficient (Wildman–Crippen LogP) is 3.45. The second-order valence-electron chi connectivity index (χ2n) is 5.17. The fourth-order valence-electron chi connectivity index (χ4n) is 2.37. The lowest BCUT2D eigenvalue weighted by atomic mass is 10.2. The van der Waals surface area contributed by atoms with Crippen LogP contribution in [0.3, 0.4) is 0 Å². The number of nitrogens with zero attached hydrogens (tertiary/aromatic N) is 2. The first kappa shape index (κ1) is 15.9. The molecule has 0 fully saturated rings. The number of aryl methyl sites for hydroxylation is 2. The van der Waals surface area contributed by atoms with Crippen molar-refractivity contribution >= 4 is 45.0 Å². The van der Waals surface area contributed by atoms with Crippen molar-refractivity contribution in [2.24, 2.45) is 0 Å². The Hall–Kier alpha value is -3.00. The average molecular weight is 343 g/mol. The molecule has 8 heteroatoms. The standard InChI is InChI=1S/C16H13N3O4S/c1-7-11-13(19-10-5-3-9(4-6-10)15(20)21)17-8(2)18-14(11)24-12(7)16(22)23/h3-6H,1-2H3,(H,20,21)(H,22,23)(H,17,18,19). The molecule has 0 bridgehead atoms. The van der Waals surface area contributed by atoms with Gasteiger partial charge in [0, 0.05) is 5.69 Å². The van der Waals surface area contributed by atoms with E-state index in [4.69, 9.17) is 5.11 Å². The lowest BCUT2D eigenvalue weighted by molar-refractivity contribution is 0.0688. The lowest BCUT2D eigenvalue weighted by Gasteiger charge is -2.09. The number of nitrogens with one attached hydrogen (secondary N) is 1. The summed E-state index contributed by atoms with van der Waals surface area (Å²) < 4.78 is 0. The Bertz CT molecular complexity index is 964. The van der Waals surface area contributed by atoms with Gasteiger partial charge in [-0.3, -0.25) is 0 Å². The van der Waals surface area contributed by atoms with Gasteiger partial charge in [-0.1, -0.05) is 0 Å². The van der Waals surface area contributed by atoms with E-state index in [0.717, 1.165) is 11.3 Å². The van der Waals surface area contributed by atoms with Crippen LogP contribution in [0.15, 0.2) is 24.3 Å². The van der Waals surface area contributed by atoms with Crippen LogP contribution in [-0.4, -0.2) is 32.1 Å². The molecular formula is C16H13N3O4S. The molecule has 0 spiro atoms. The van der Waals surface area contributed by atoms with E-state index in [0.29, 0.717) is 33.1 Å². The molecule has 0 radical (unpaired) electrons. The zero-order chi connectivity index (χ0) is 17.4. The van der Waals surface area contributed by atoms with Crippen molar-refractivity contribution in [3.63, 3.8) is 0 Å². The van der Waals surface area contributed by atoms with Gasteiger partial charge < -0.3 is 15.5 Å². The maximum Gasteiger partial charge on any atom is 0.346 e. The van der Waals surface area contributed by atoms with E-state index < -0.39 is 11.9 Å². The van der Waals surface area contributed by atoms with Crippen molar-refractivity contribution in [3.05, 3.63) is 46.1 Å². The quantitative estimate of drug-likeness (QED) is 0.665. The molecule has 0 aliphatic carbocycles. The van der Waals surface area contributed by atoms with E-state index >= 15 is 0 Å². The molecule has 1 aromatic carbocycles. The fourth-order valence-corrected chi connectivity index (χ4v) is 3.44. The number of hydrogen-bond donors (Lipinski definition) is 3. The van der Waals surface area contributed by atoms with Crippen LogP contribution in [0.4, 0.5) is 11.5 Å². The highest BCUT2D eigenvalue weighted by Crippen LogP contribution is 2.35. The number of thiophene rings is 1. The topological polar surface area (TPSA) is 112 Å². The monoisotopic (exact) mass is 343 g/mol. The van der Waals surface area contributed by atoms with E-state index in [9.17, 15) is 14.7 Å². The summed E-state index contributed by atoms with van der Waals surface area (Å²) in [4.78, 5) is 31.7. The lowest BCUT2D eigenvalue weighted by Crippen LogP contribution is -2.00. The molecule has 0 saturated heterocycles. The van der Waals surface area contributed by atoms with Crippen molar-refractivity contribution in [1.29, 1.82) is 0 Å². The largest absolute Gasteiger partial charge is 0.478 e. The number of fused-ring (bicyclic) bond motifs is 1. The van der Waals surface area contributed by atoms with Gasteiger partial charge in [0.25, 0.3) is 0 Å². The van der Waals surface area contributed by atoms with Crippen LogP contribution < -0.4 is 5.32 Å². The Morgan fingerprint density at radius 3 is 2.29 bits per heavy atom. The molecule has 3 rings (SSSR count). The number of carbonyl (C=O) groups is 2. The van der Waals surface area contributed by atoms with Gasteiger partial charge in [0.15, 0.2) is 0 Å². The normalized spacial score (nSPS) is 10.8. The summed E-state index contributed by atoms with van der Waals surface area (Å²) >= 11 is 1.11. The van der Waals surface area contributed by atoms with Gasteiger partial charge in [0.1, 0.15) is 21.3 Å². The first-order chi connectivity index (χ1) is 11.4. The van der Waals surface area contributed by atoms with Gasteiger partial charge in [-0.15, -0.1) is 11.3 Å². The maximum absolute atomic E-state index is 11.3. The molecule has 0 aliphatic heterocycles. The van der Waals surface area contributed by atoms with Crippen LogP contribution in [-0.2, 0) is 0 Å². The molecule has 0 aliphatic rings. The number of hydrogen-bond acceptors (Lipinski definition) is 6. The molecule has 0 amide bonds. The Kier molecular flexibility index (Phi) is 3.90. The molecule has 2 heterocycles. The van der Waals surface area contributed by atoms with Crippen molar-refractivity contribution in [1.82, 2.24) is 9.97 Å². The zero-order valence-electron chi connectivity index (χ0n) is 12.8. The fraction of sp³-hybridized carbons (Fsp3) is 0.125. The van der Waals surface area contributed by atoms with Gasteiger partial charge in [0.2, 0.25) is 0 Å². The molecule has 2 aromatic heterocycles. The zero-order valence-corrected chi connectivity index (χ0v) is 13.6. The average Bonchev–Trinajstić information content (AvgIpc) is 2.85. The summed E-state index contributed by atoms with van der Waals surface area (Å²) in [7, 11) is 0. The van der Waals surface area contributed by atoms with Crippen molar-refractivity contribution in [2.75, 3.05) is 5.32 Å². The van der Waals surface area contributed by atoms with Crippen LogP contribution in [0.1, 0.15) is 31.4 Å². The number of rotatable bonds is 4. The highest BCUT2D eigenvalue weighted by molar-refractivity contribution is 7.20. The first-order valence-corrected chi connectivity index (χ1v) is 7.80. The Balaban J connectivity index is 2.08. The second-order valence-corrected chi connectivity index (χ2v) is 6.17. The van der Waals surface area contributed by atoms with Crippen LogP contribution >= 0.6 is 11.3 Å². The van der Waals surface area contributed by atoms with Crippen LogP contribution in [0.5, 0.6) is 0 Å². The van der Waals surface area contributed by atoms with Crippen molar-refractivity contribution in [2.45, 2.75) is 13.8 Å². The van der Waals surface area contributed by atoms with Crippen molar-refractivity contribution < 1.29 is 19.8 Å². The van der Waals surface area contributed by atoms with E-state index in [1.165, 1.54) is 12.1 Å². The van der Waals surface area contributed by atoms with Gasteiger partial charge in [0.05, 0.1) is 10.9 Å². The highest BCUT2D eigenvalue weighted by Gasteiger charge is 2.19. The summed E-state index contributed by atoms with van der Waals surface area (Å²) in [5, 5.41) is 22.0. The molecule has 24 heavy (non-hydrogen) atoms. The third-order valence-electron chi connectivity index (χ3n) is 3.49. The molecule has 0 saturated carbocycles. The molecule has 122 valence electrons. The third-order valence-corrected chi connectivity index (χ3v) is 4.66. The number of benzene rings is 1. The molecule has 0 unspecified atom stereocenters. The SMILES string of the molecule is Cc1nc(Nc2ccc(C(=O)O)cc2)c2c(C)c(C(=O)O)sc2n1. The number of anilines is 2. The number of carboxylic acids is 2. The minimum absolute atomic E-state index is 0.185. The summed E-state index contributed by atoms with van der Waals surface area (Å²) in [6.45, 7) is 3.45. The Labute approximate surface area is 140 Å². The first-order valence-electron chi connectivity index (χ1n) is 6.98. The summed E-state index contributed by atoms with van der Waals surface area (Å²) in [5.41, 5.74) is 1.44.